The van der Waals surface area contributed by atoms with Crippen molar-refractivity contribution in [1.29, 1.82) is 0 Å². The van der Waals surface area contributed by atoms with Crippen molar-refractivity contribution in [3.05, 3.63) is 47.0 Å². The van der Waals surface area contributed by atoms with Crippen LogP contribution in [0.4, 0.5) is 5.69 Å². The van der Waals surface area contributed by atoms with E-state index in [1.165, 1.54) is 32.3 Å². The van der Waals surface area contributed by atoms with Gasteiger partial charge in [0.1, 0.15) is 0 Å². The summed E-state index contributed by atoms with van der Waals surface area (Å²) in [6, 6.07) is 8.93. The molecule has 7 nitrogen and oxygen atoms in total. The third kappa shape index (κ3) is 3.41. The topological polar surface area (TPSA) is 84.9 Å². The molecule has 0 aliphatic carbocycles. The van der Waals surface area contributed by atoms with Crippen LogP contribution in [0.25, 0.3) is 0 Å². The average molecular weight is 383 g/mol. The molecule has 1 amide bonds. The summed E-state index contributed by atoms with van der Waals surface area (Å²) in [7, 11) is -0.846. The van der Waals surface area contributed by atoms with Gasteiger partial charge in [0.05, 0.1) is 15.5 Å². The number of nitrogens with one attached hydrogen (secondary N) is 1. The van der Waals surface area contributed by atoms with Gasteiger partial charge in [0.25, 0.3) is 5.91 Å². The van der Waals surface area contributed by atoms with Gasteiger partial charge in [0, 0.05) is 25.8 Å². The zero-order valence-electron chi connectivity index (χ0n) is 13.4. The van der Waals surface area contributed by atoms with E-state index in [4.69, 9.17) is 21.1 Å². The van der Waals surface area contributed by atoms with Crippen LogP contribution in [0.5, 0.6) is 11.5 Å². The Morgan fingerprint density at radius 2 is 1.84 bits per heavy atom. The van der Waals surface area contributed by atoms with E-state index in [1.54, 1.807) is 18.2 Å². The number of amides is 1. The van der Waals surface area contributed by atoms with Crippen LogP contribution in [0.15, 0.2) is 41.3 Å². The number of nitrogens with zero attached hydrogens (tertiary/aromatic N) is 1. The Labute approximate surface area is 150 Å². The summed E-state index contributed by atoms with van der Waals surface area (Å²) in [6.07, 6.45) is 0. The van der Waals surface area contributed by atoms with Crippen molar-refractivity contribution in [3.63, 3.8) is 0 Å². The molecule has 1 heterocycles. The van der Waals surface area contributed by atoms with Crippen molar-refractivity contribution in [2.45, 2.75) is 4.90 Å². The minimum Gasteiger partial charge on any atom is -0.454 e. The molecule has 0 fully saturated rings. The van der Waals surface area contributed by atoms with Gasteiger partial charge >= 0.3 is 0 Å². The fourth-order valence-corrected chi connectivity index (χ4v) is 3.35. The van der Waals surface area contributed by atoms with Crippen molar-refractivity contribution < 1.29 is 22.7 Å². The number of anilines is 1. The lowest BCUT2D eigenvalue weighted by atomic mass is 10.2. The number of benzene rings is 2. The zero-order chi connectivity index (χ0) is 18.2. The SMILES string of the molecule is CN(C)S(=O)(=O)c1ccc(Cl)c(C(=O)Nc2ccc3c(c2)OCO3)c1. The highest BCUT2D eigenvalue weighted by molar-refractivity contribution is 7.89. The van der Waals surface area contributed by atoms with Crippen molar-refractivity contribution in [2.75, 3.05) is 26.2 Å². The molecule has 0 atom stereocenters. The molecule has 1 aliphatic rings. The first kappa shape index (κ1) is 17.5. The van der Waals surface area contributed by atoms with Crippen molar-refractivity contribution >= 4 is 33.2 Å². The van der Waals surface area contributed by atoms with Crippen LogP contribution < -0.4 is 14.8 Å². The molecule has 2 aromatic rings. The summed E-state index contributed by atoms with van der Waals surface area (Å²) >= 11 is 6.07. The maximum Gasteiger partial charge on any atom is 0.257 e. The molecule has 9 heteroatoms. The van der Waals surface area contributed by atoms with Crippen LogP contribution in [-0.2, 0) is 10.0 Å². The van der Waals surface area contributed by atoms with Gasteiger partial charge in [-0.3, -0.25) is 4.79 Å². The molecular formula is C16H15ClN2O5S. The molecule has 2 aromatic carbocycles. The minimum absolute atomic E-state index is 0.0160. The number of halogens is 1. The predicted octanol–water partition coefficient (Wildman–Crippen LogP) is 2.57. The summed E-state index contributed by atoms with van der Waals surface area (Å²) in [5.74, 6) is 0.586. The van der Waals surface area contributed by atoms with Gasteiger partial charge in [-0.25, -0.2) is 12.7 Å². The number of carbonyl (C=O) groups excluding carboxylic acids is 1. The van der Waals surface area contributed by atoms with Crippen molar-refractivity contribution in [2.24, 2.45) is 0 Å². The highest BCUT2D eigenvalue weighted by atomic mass is 35.5. The number of hydrogen-bond donors (Lipinski definition) is 1. The first-order chi connectivity index (χ1) is 11.8. The van der Waals surface area contributed by atoms with Crippen LogP contribution in [-0.4, -0.2) is 39.5 Å². The lowest BCUT2D eigenvalue weighted by molar-refractivity contribution is 0.102. The molecular weight excluding hydrogens is 368 g/mol. The maximum atomic E-state index is 12.5. The van der Waals surface area contributed by atoms with Crippen molar-refractivity contribution in [1.82, 2.24) is 4.31 Å². The highest BCUT2D eigenvalue weighted by Gasteiger charge is 2.21. The third-order valence-electron chi connectivity index (χ3n) is 3.59. The van der Waals surface area contributed by atoms with Gasteiger partial charge < -0.3 is 14.8 Å². The fraction of sp³-hybridized carbons (Fsp3) is 0.188. The Bertz CT molecular complexity index is 944. The van der Waals surface area contributed by atoms with Gasteiger partial charge in [-0.05, 0) is 30.3 Å². The molecule has 25 heavy (non-hydrogen) atoms. The number of carbonyl (C=O) groups is 1. The van der Waals surface area contributed by atoms with Gasteiger partial charge in [0.15, 0.2) is 11.5 Å². The normalized spacial score (nSPS) is 13.1. The van der Waals surface area contributed by atoms with Crippen LogP contribution in [0, 0.1) is 0 Å². The first-order valence-corrected chi connectivity index (χ1v) is 9.04. The smallest absolute Gasteiger partial charge is 0.257 e. The standard InChI is InChI=1S/C16H15ClN2O5S/c1-19(2)25(21,22)11-4-5-13(17)12(8-11)16(20)18-10-3-6-14-15(7-10)24-9-23-14/h3-8H,9H2,1-2H3,(H,18,20). The Hall–Kier alpha value is -2.29. The number of hydrogen-bond acceptors (Lipinski definition) is 5. The predicted molar refractivity (Wildman–Crippen MR) is 92.8 cm³/mol. The van der Waals surface area contributed by atoms with E-state index in [1.807, 2.05) is 0 Å². The monoisotopic (exact) mass is 382 g/mol. The van der Waals surface area contributed by atoms with E-state index in [0.29, 0.717) is 17.2 Å². The fourth-order valence-electron chi connectivity index (χ4n) is 2.22. The molecule has 0 spiro atoms. The first-order valence-electron chi connectivity index (χ1n) is 7.22. The van der Waals surface area contributed by atoms with E-state index in [2.05, 4.69) is 5.32 Å². The lowest BCUT2D eigenvalue weighted by Gasteiger charge is -2.13. The molecule has 3 rings (SSSR count). The summed E-state index contributed by atoms with van der Waals surface area (Å²) in [6.45, 7) is 0.128. The van der Waals surface area contributed by atoms with Crippen LogP contribution in [0.2, 0.25) is 5.02 Å². The second-order valence-corrected chi connectivity index (χ2v) is 8.01. The number of fused-ring (bicyclic) bond motifs is 1. The molecule has 0 bridgehead atoms. The lowest BCUT2D eigenvalue weighted by Crippen LogP contribution is -2.23. The molecule has 0 aromatic heterocycles. The Morgan fingerprint density at radius 3 is 2.56 bits per heavy atom. The third-order valence-corrected chi connectivity index (χ3v) is 5.73. The number of sulfonamides is 1. The van der Waals surface area contributed by atoms with Crippen molar-refractivity contribution in [3.8, 4) is 11.5 Å². The zero-order valence-corrected chi connectivity index (χ0v) is 15.0. The van der Waals surface area contributed by atoms with Crippen LogP contribution in [0.3, 0.4) is 0 Å². The maximum absolute atomic E-state index is 12.5. The Kier molecular flexibility index (Phi) is 4.59. The largest absolute Gasteiger partial charge is 0.454 e. The van der Waals surface area contributed by atoms with Crippen LogP contribution >= 0.6 is 11.6 Å². The summed E-state index contributed by atoms with van der Waals surface area (Å²) in [5, 5.41) is 2.82. The molecule has 1 N–H and O–H groups in total. The molecule has 0 radical (unpaired) electrons. The second-order valence-electron chi connectivity index (χ2n) is 5.45. The summed E-state index contributed by atoms with van der Waals surface area (Å²) in [4.78, 5) is 12.5. The molecule has 1 aliphatic heterocycles. The van der Waals surface area contributed by atoms with E-state index in [0.717, 1.165) is 4.31 Å². The molecule has 132 valence electrons. The second kappa shape index (κ2) is 6.55. The Balaban J connectivity index is 1.89. The van der Waals surface area contributed by atoms with E-state index in [9.17, 15) is 13.2 Å². The van der Waals surface area contributed by atoms with Gasteiger partial charge in [-0.15, -0.1) is 0 Å². The van der Waals surface area contributed by atoms with Gasteiger partial charge in [0.2, 0.25) is 16.8 Å². The number of ether oxygens (including phenoxy) is 2. The highest BCUT2D eigenvalue weighted by Crippen LogP contribution is 2.34. The summed E-state index contributed by atoms with van der Waals surface area (Å²) < 4.78 is 36.0. The summed E-state index contributed by atoms with van der Waals surface area (Å²) in [5.41, 5.74) is 0.536. The minimum atomic E-state index is -3.67. The van der Waals surface area contributed by atoms with E-state index in [-0.39, 0.29) is 22.3 Å². The molecule has 0 saturated carbocycles. The van der Waals surface area contributed by atoms with Gasteiger partial charge in [-0.1, -0.05) is 11.6 Å². The molecule has 0 saturated heterocycles. The number of rotatable bonds is 4. The quantitative estimate of drug-likeness (QED) is 0.878. The molecule has 0 unspecified atom stereocenters. The van der Waals surface area contributed by atoms with E-state index >= 15 is 0 Å². The van der Waals surface area contributed by atoms with E-state index < -0.39 is 15.9 Å². The van der Waals surface area contributed by atoms with Gasteiger partial charge in [-0.2, -0.15) is 0 Å². The Morgan fingerprint density at radius 1 is 1.12 bits per heavy atom. The average Bonchev–Trinajstić information content (AvgIpc) is 3.02. The van der Waals surface area contributed by atoms with Crippen LogP contribution in [0.1, 0.15) is 10.4 Å².